The zero-order chi connectivity index (χ0) is 14.0. The zero-order valence-corrected chi connectivity index (χ0v) is 13.7. The van der Waals surface area contributed by atoms with Gasteiger partial charge in [0, 0.05) is 45.8 Å². The lowest BCUT2D eigenvalue weighted by Gasteiger charge is -2.39. The van der Waals surface area contributed by atoms with Crippen molar-refractivity contribution < 1.29 is 0 Å². The number of aromatic nitrogens is 2. The van der Waals surface area contributed by atoms with E-state index in [1.54, 1.807) is 0 Å². The van der Waals surface area contributed by atoms with Crippen molar-refractivity contribution in [2.75, 3.05) is 33.2 Å². The molecule has 0 saturated carbocycles. The van der Waals surface area contributed by atoms with Crippen LogP contribution in [0.5, 0.6) is 0 Å². The number of aryl methyl sites for hydroxylation is 2. The predicted octanol–water partition coefficient (Wildman–Crippen LogP) is 0.820. The molecule has 1 aromatic heterocycles. The largest absolute Gasteiger partial charge is 0.329 e. The van der Waals surface area contributed by atoms with Crippen LogP contribution in [0.15, 0.2) is 4.47 Å². The van der Waals surface area contributed by atoms with E-state index >= 15 is 0 Å². The molecule has 0 spiro atoms. The summed E-state index contributed by atoms with van der Waals surface area (Å²) >= 11 is 3.69. The van der Waals surface area contributed by atoms with Crippen molar-refractivity contribution in [1.29, 1.82) is 0 Å². The third-order valence-electron chi connectivity index (χ3n) is 3.94. The Hall–Kier alpha value is -0.430. The molecule has 1 aromatic rings. The van der Waals surface area contributed by atoms with Gasteiger partial charge in [-0.25, -0.2) is 0 Å². The topological polar surface area (TPSA) is 50.3 Å². The first-order valence-electron chi connectivity index (χ1n) is 6.89. The van der Waals surface area contributed by atoms with Crippen molar-refractivity contribution in [3.05, 3.63) is 15.9 Å². The van der Waals surface area contributed by atoms with Crippen LogP contribution in [-0.2, 0) is 20.0 Å². The van der Waals surface area contributed by atoms with E-state index in [4.69, 9.17) is 5.73 Å². The van der Waals surface area contributed by atoms with Crippen molar-refractivity contribution in [2.24, 2.45) is 12.8 Å². The van der Waals surface area contributed by atoms with Crippen LogP contribution < -0.4 is 5.73 Å². The number of halogens is 1. The second-order valence-electron chi connectivity index (χ2n) is 5.31. The van der Waals surface area contributed by atoms with Gasteiger partial charge in [-0.05, 0) is 29.4 Å². The lowest BCUT2D eigenvalue weighted by atomic mass is 10.1. The molecule has 0 aliphatic carbocycles. The van der Waals surface area contributed by atoms with Crippen LogP contribution in [-0.4, -0.2) is 58.8 Å². The first kappa shape index (κ1) is 15.0. The molecule has 1 atom stereocenters. The van der Waals surface area contributed by atoms with Gasteiger partial charge in [-0.2, -0.15) is 5.10 Å². The minimum absolute atomic E-state index is 0.436. The van der Waals surface area contributed by atoms with Crippen molar-refractivity contribution in [1.82, 2.24) is 19.6 Å². The highest BCUT2D eigenvalue weighted by atomic mass is 79.9. The molecule has 5 nitrogen and oxygen atoms in total. The third kappa shape index (κ3) is 3.18. The van der Waals surface area contributed by atoms with E-state index in [1.165, 1.54) is 5.69 Å². The van der Waals surface area contributed by atoms with Gasteiger partial charge < -0.3 is 10.6 Å². The summed E-state index contributed by atoms with van der Waals surface area (Å²) in [5.74, 6) is 0. The Bertz CT molecular complexity index is 431. The monoisotopic (exact) mass is 329 g/mol. The Morgan fingerprint density at radius 2 is 2.11 bits per heavy atom. The molecule has 1 fully saturated rings. The van der Waals surface area contributed by atoms with Gasteiger partial charge in [-0.3, -0.25) is 9.58 Å². The Morgan fingerprint density at radius 1 is 1.37 bits per heavy atom. The Labute approximate surface area is 123 Å². The van der Waals surface area contributed by atoms with Gasteiger partial charge in [-0.15, -0.1) is 0 Å². The van der Waals surface area contributed by atoms with E-state index < -0.39 is 0 Å². The van der Waals surface area contributed by atoms with Gasteiger partial charge in [0.05, 0.1) is 15.9 Å². The fourth-order valence-electron chi connectivity index (χ4n) is 2.66. The van der Waals surface area contributed by atoms with E-state index in [0.29, 0.717) is 12.6 Å². The maximum absolute atomic E-state index is 5.91. The molecule has 1 aliphatic heterocycles. The van der Waals surface area contributed by atoms with Crippen molar-refractivity contribution in [2.45, 2.75) is 25.9 Å². The SMILES string of the molecule is CCc1nn(C)c(CN2CCN(C)CC2CN)c1Br. The van der Waals surface area contributed by atoms with Crippen LogP contribution in [0.3, 0.4) is 0 Å². The highest BCUT2D eigenvalue weighted by Crippen LogP contribution is 2.24. The molecule has 1 saturated heterocycles. The summed E-state index contributed by atoms with van der Waals surface area (Å²) in [4.78, 5) is 4.82. The molecule has 108 valence electrons. The Kier molecular flexibility index (Phi) is 5.00. The normalized spacial score (nSPS) is 22.1. The smallest absolute Gasteiger partial charge is 0.0767 e. The first-order valence-corrected chi connectivity index (χ1v) is 7.69. The van der Waals surface area contributed by atoms with Gasteiger partial charge in [0.15, 0.2) is 0 Å². The fourth-order valence-corrected chi connectivity index (χ4v) is 3.41. The molecule has 0 radical (unpaired) electrons. The Balaban J connectivity index is 2.14. The van der Waals surface area contributed by atoms with E-state index in [2.05, 4.69) is 44.8 Å². The van der Waals surface area contributed by atoms with E-state index in [-0.39, 0.29) is 0 Å². The van der Waals surface area contributed by atoms with Gasteiger partial charge >= 0.3 is 0 Å². The standard InChI is InChI=1S/C13H24BrN5/c1-4-11-13(14)12(18(3)16-11)9-19-6-5-17(2)8-10(19)7-15/h10H,4-9,15H2,1-3H3. The molecule has 6 heteroatoms. The second kappa shape index (κ2) is 6.35. The van der Waals surface area contributed by atoms with Gasteiger partial charge in [0.25, 0.3) is 0 Å². The van der Waals surface area contributed by atoms with Gasteiger partial charge in [-0.1, -0.05) is 6.92 Å². The molecule has 2 rings (SSSR count). The Morgan fingerprint density at radius 3 is 2.68 bits per heavy atom. The lowest BCUT2D eigenvalue weighted by Crippen LogP contribution is -2.54. The molecule has 0 bridgehead atoms. The number of likely N-dealkylation sites (N-methyl/N-ethyl adjacent to an activating group) is 1. The van der Waals surface area contributed by atoms with Gasteiger partial charge in [0.2, 0.25) is 0 Å². The number of rotatable bonds is 4. The summed E-state index contributed by atoms with van der Waals surface area (Å²) in [5, 5.41) is 4.56. The average Bonchev–Trinajstić information content (AvgIpc) is 2.67. The lowest BCUT2D eigenvalue weighted by molar-refractivity contribution is 0.0858. The molecule has 2 N–H and O–H groups in total. The average molecular weight is 330 g/mol. The quantitative estimate of drug-likeness (QED) is 0.888. The summed E-state index contributed by atoms with van der Waals surface area (Å²) in [5.41, 5.74) is 8.30. The van der Waals surface area contributed by atoms with Gasteiger partial charge in [0.1, 0.15) is 0 Å². The molecule has 2 heterocycles. The molecule has 0 amide bonds. The number of nitrogens with two attached hydrogens (primary N) is 1. The third-order valence-corrected chi connectivity index (χ3v) is 4.85. The summed E-state index contributed by atoms with van der Waals surface area (Å²) in [6.07, 6.45) is 0.956. The number of hydrogen-bond acceptors (Lipinski definition) is 4. The number of nitrogens with zero attached hydrogens (tertiary/aromatic N) is 4. The summed E-state index contributed by atoms with van der Waals surface area (Å²) in [6, 6.07) is 0.436. The fraction of sp³-hybridized carbons (Fsp3) is 0.769. The molecular formula is C13H24BrN5. The maximum Gasteiger partial charge on any atom is 0.0767 e. The van der Waals surface area contributed by atoms with Crippen LogP contribution in [0.25, 0.3) is 0 Å². The molecule has 1 unspecified atom stereocenters. The van der Waals surface area contributed by atoms with Crippen LogP contribution >= 0.6 is 15.9 Å². The molecule has 19 heavy (non-hydrogen) atoms. The maximum atomic E-state index is 5.91. The summed E-state index contributed by atoms with van der Waals surface area (Å²) in [7, 11) is 4.18. The van der Waals surface area contributed by atoms with Crippen molar-refractivity contribution in [3.63, 3.8) is 0 Å². The van der Waals surface area contributed by atoms with Crippen molar-refractivity contribution in [3.8, 4) is 0 Å². The van der Waals surface area contributed by atoms with Crippen LogP contribution in [0.2, 0.25) is 0 Å². The minimum Gasteiger partial charge on any atom is -0.329 e. The highest BCUT2D eigenvalue weighted by molar-refractivity contribution is 9.10. The van der Waals surface area contributed by atoms with Crippen LogP contribution in [0.1, 0.15) is 18.3 Å². The van der Waals surface area contributed by atoms with E-state index in [9.17, 15) is 0 Å². The van der Waals surface area contributed by atoms with E-state index in [0.717, 1.165) is 42.8 Å². The van der Waals surface area contributed by atoms with E-state index in [1.807, 2.05) is 11.7 Å². The summed E-state index contributed by atoms with van der Waals surface area (Å²) < 4.78 is 3.15. The number of piperazine rings is 1. The zero-order valence-electron chi connectivity index (χ0n) is 12.1. The number of hydrogen-bond donors (Lipinski definition) is 1. The first-order chi connectivity index (χ1) is 9.06. The molecular weight excluding hydrogens is 306 g/mol. The minimum atomic E-state index is 0.436. The predicted molar refractivity (Wildman–Crippen MR) is 81.0 cm³/mol. The summed E-state index contributed by atoms with van der Waals surface area (Å²) in [6.45, 7) is 6.98. The second-order valence-corrected chi connectivity index (χ2v) is 6.10. The van der Waals surface area contributed by atoms with Crippen LogP contribution in [0.4, 0.5) is 0 Å². The van der Waals surface area contributed by atoms with Crippen LogP contribution in [0, 0.1) is 0 Å². The molecule has 1 aliphatic rings. The van der Waals surface area contributed by atoms with Crippen molar-refractivity contribution >= 4 is 15.9 Å². The molecule has 0 aromatic carbocycles. The highest BCUT2D eigenvalue weighted by Gasteiger charge is 2.26.